The van der Waals surface area contributed by atoms with Crippen LogP contribution in [0.3, 0.4) is 0 Å². The molecule has 0 heterocycles. The van der Waals surface area contributed by atoms with E-state index in [1.165, 1.54) is 6.55 Å². The van der Waals surface area contributed by atoms with Crippen LogP contribution in [0.1, 0.15) is 8.22 Å². The molecule has 0 saturated heterocycles. The van der Waals surface area contributed by atoms with E-state index in [1.807, 2.05) is 39.3 Å². The molecule has 0 radical (unpaired) electrons. The van der Waals surface area contributed by atoms with Gasteiger partial charge in [0, 0.05) is 32.4 Å². The van der Waals surface area contributed by atoms with Gasteiger partial charge in [0.25, 0.3) is 10.1 Å². The van der Waals surface area contributed by atoms with Gasteiger partial charge in [0.1, 0.15) is 0 Å². The molecule has 0 N–H and O–H groups in total. The van der Waals surface area contributed by atoms with Crippen LogP contribution >= 0.6 is 0 Å². The average molecular weight is 391 g/mol. The van der Waals surface area contributed by atoms with Crippen LogP contribution in [-0.4, -0.2) is 47.2 Å². The lowest BCUT2D eigenvalue weighted by Crippen LogP contribution is -2.76. The third kappa shape index (κ3) is 4.00. The highest BCUT2D eigenvalue weighted by molar-refractivity contribution is 7.87. The van der Waals surface area contributed by atoms with Gasteiger partial charge >= 0.3 is 0 Å². The molecule has 0 aromatic heterocycles. The largest absolute Gasteiger partial charge is 0.316 e. The Labute approximate surface area is 145 Å². The molecule has 3 nitrogen and oxygen atoms in total. The van der Waals surface area contributed by atoms with E-state index < -0.39 is 59.5 Å². The van der Waals surface area contributed by atoms with Gasteiger partial charge in [-0.25, -0.2) is 8.42 Å². The summed E-state index contributed by atoms with van der Waals surface area (Å²) in [5, 5.41) is 0. The van der Waals surface area contributed by atoms with Crippen molar-refractivity contribution in [1.29, 1.82) is 0 Å². The summed E-state index contributed by atoms with van der Waals surface area (Å²) in [6, 6.07) is 0. The number of rotatable bonds is 6. The topological polar surface area (TPSA) is 43.4 Å². The Kier molecular flexibility index (Phi) is 3.56. The van der Waals surface area contributed by atoms with E-state index >= 15 is 0 Å². The molecule has 0 unspecified atom stereocenters. The third-order valence-electron chi connectivity index (χ3n) is 4.26. The summed E-state index contributed by atoms with van der Waals surface area (Å²) in [7, 11) is -16.6. The molecule has 128 valence electrons. The van der Waals surface area contributed by atoms with Gasteiger partial charge in [-0.3, -0.25) is 0 Å². The molecule has 0 aliphatic carbocycles. The smallest absolute Gasteiger partial charge is 0.254 e. The summed E-state index contributed by atoms with van der Waals surface area (Å²) in [6.45, 7) is 11.4. The summed E-state index contributed by atoms with van der Waals surface area (Å²) < 4.78 is 79.1. The molecule has 0 bridgehead atoms. The van der Waals surface area contributed by atoms with Crippen molar-refractivity contribution in [2.75, 3.05) is 6.26 Å². The Morgan fingerprint density at radius 1 is 0.810 bits per heavy atom. The van der Waals surface area contributed by atoms with Crippen LogP contribution in [0.15, 0.2) is 0 Å². The first-order valence-electron chi connectivity index (χ1n) is 10.1. The van der Waals surface area contributed by atoms with Gasteiger partial charge < -0.3 is 3.87 Å². The van der Waals surface area contributed by atoms with Gasteiger partial charge in [-0.05, 0) is 17.0 Å². The second kappa shape index (κ2) is 5.69. The molecule has 21 heavy (non-hydrogen) atoms. The van der Waals surface area contributed by atoms with E-state index in [1.54, 1.807) is 13.1 Å². The molecule has 0 spiro atoms. The first-order valence-corrected chi connectivity index (χ1v) is 21.3. The zero-order valence-electron chi connectivity index (χ0n) is 21.1. The molecule has 0 saturated carbocycles. The van der Waals surface area contributed by atoms with Crippen molar-refractivity contribution in [3.8, 4) is 0 Å². The van der Waals surface area contributed by atoms with Crippen molar-refractivity contribution in [3.63, 3.8) is 0 Å². The fraction of sp³-hybridized carbons (Fsp3) is 1.00. The standard InChI is InChI=1S/C13H36O3SSi4/c1-17(14,15)16-21(11,12)13(18(2,3)4,19(5,6)7)20(8,9)10/h1-12H3/i2D3,3D3. The zero-order chi connectivity index (χ0) is 22.7. The van der Waals surface area contributed by atoms with Gasteiger partial charge in [0.05, 0.1) is 6.26 Å². The van der Waals surface area contributed by atoms with Gasteiger partial charge in [-0.1, -0.05) is 58.8 Å². The maximum atomic E-state index is 12.2. The van der Waals surface area contributed by atoms with E-state index in [2.05, 4.69) is 0 Å². The van der Waals surface area contributed by atoms with Crippen molar-refractivity contribution >= 4 is 42.7 Å². The van der Waals surface area contributed by atoms with Crippen LogP contribution in [0.25, 0.3) is 0 Å². The summed E-state index contributed by atoms with van der Waals surface area (Å²) in [4.78, 5) is 0. The Hall–Kier alpha value is 0.778. The Morgan fingerprint density at radius 2 is 1.14 bits per heavy atom. The van der Waals surface area contributed by atoms with Gasteiger partial charge in [0.2, 0.25) is 8.32 Å². The quantitative estimate of drug-likeness (QED) is 0.625. The first kappa shape index (κ1) is 13.1. The lowest BCUT2D eigenvalue weighted by atomic mass is 11.6. The fourth-order valence-corrected chi connectivity index (χ4v) is 50.4. The van der Waals surface area contributed by atoms with Crippen LogP contribution in [0.5, 0.6) is 0 Å². The summed E-state index contributed by atoms with van der Waals surface area (Å²) in [6.07, 6.45) is 0.963. The second-order valence-corrected chi connectivity index (χ2v) is 31.0. The molecule has 0 aromatic carbocycles. The van der Waals surface area contributed by atoms with Crippen LogP contribution in [0.2, 0.25) is 75.8 Å². The van der Waals surface area contributed by atoms with E-state index in [0.717, 1.165) is 6.26 Å². The van der Waals surface area contributed by atoms with Gasteiger partial charge in [-0.2, -0.15) is 0 Å². The third-order valence-corrected chi connectivity index (χ3v) is 38.4. The highest BCUT2D eigenvalue weighted by Gasteiger charge is 2.69. The maximum Gasteiger partial charge on any atom is 0.254 e. The predicted molar refractivity (Wildman–Crippen MR) is 106 cm³/mol. The van der Waals surface area contributed by atoms with E-state index in [9.17, 15) is 8.42 Å². The Bertz CT molecular complexity index is 631. The average Bonchev–Trinajstić information content (AvgIpc) is 2.16. The zero-order valence-corrected chi connectivity index (χ0v) is 19.9. The SMILES string of the molecule is [2H]C([2H])([2H])[Si](C)(C([2H])([2H])[2H])C([Si](C)(C)C)([Si](C)(C)C)[Si](C)(C)OS(C)(=O)=O. The van der Waals surface area contributed by atoms with Crippen molar-refractivity contribution in [1.82, 2.24) is 0 Å². The van der Waals surface area contributed by atoms with Crippen LogP contribution < -0.4 is 0 Å². The summed E-state index contributed by atoms with van der Waals surface area (Å²) in [5.74, 6) is 0. The second-order valence-electron chi connectivity index (χ2n) is 8.67. The summed E-state index contributed by atoms with van der Waals surface area (Å²) >= 11 is 0. The number of hydrogen-bond acceptors (Lipinski definition) is 3. The van der Waals surface area contributed by atoms with Crippen LogP contribution in [0, 0.1) is 0 Å². The Morgan fingerprint density at radius 3 is 1.33 bits per heavy atom. The molecular weight excluding hydrogens is 349 g/mol. The molecule has 0 atom stereocenters. The molecule has 0 fully saturated rings. The highest BCUT2D eigenvalue weighted by atomic mass is 32.2. The van der Waals surface area contributed by atoms with Gasteiger partial charge in [0.15, 0.2) is 0 Å². The van der Waals surface area contributed by atoms with E-state index in [4.69, 9.17) is 12.1 Å². The molecule has 0 aliphatic rings. The normalized spacial score (nSPS) is 21.6. The minimum absolute atomic E-state index is 0.963. The molecule has 0 aromatic rings. The summed E-state index contributed by atoms with van der Waals surface area (Å²) in [5.41, 5.74) is 0. The maximum absolute atomic E-state index is 12.2. The van der Waals surface area contributed by atoms with Gasteiger partial charge in [-0.15, -0.1) is 0 Å². The van der Waals surface area contributed by atoms with Crippen molar-refractivity contribution < 1.29 is 20.5 Å². The minimum Gasteiger partial charge on any atom is -0.316 e. The van der Waals surface area contributed by atoms with E-state index in [0.29, 0.717) is 0 Å². The van der Waals surface area contributed by atoms with Crippen LogP contribution in [-0.2, 0) is 14.0 Å². The molecule has 0 aliphatic heterocycles. The predicted octanol–water partition coefficient (Wildman–Crippen LogP) is 4.54. The van der Waals surface area contributed by atoms with Crippen molar-refractivity contribution in [3.05, 3.63) is 0 Å². The van der Waals surface area contributed by atoms with E-state index in [-0.39, 0.29) is 0 Å². The lowest BCUT2D eigenvalue weighted by molar-refractivity contribution is 0.486. The monoisotopic (exact) mass is 390 g/mol. The minimum atomic E-state index is -4.14. The van der Waals surface area contributed by atoms with Crippen molar-refractivity contribution in [2.45, 2.75) is 75.8 Å². The molecule has 0 amide bonds. The molecular formula is C13H36O3SSi4. The highest BCUT2D eigenvalue weighted by Crippen LogP contribution is 2.60. The number of hydrogen-bond donors (Lipinski definition) is 0. The van der Waals surface area contributed by atoms with Crippen LogP contribution in [0.4, 0.5) is 0 Å². The fourth-order valence-electron chi connectivity index (χ4n) is 5.47. The first-order chi connectivity index (χ1) is 11.2. The lowest BCUT2D eigenvalue weighted by Gasteiger charge is -2.64. The molecule has 0 rings (SSSR count). The Balaban J connectivity index is 7.80. The molecule has 8 heteroatoms. The van der Waals surface area contributed by atoms with Crippen molar-refractivity contribution in [2.24, 2.45) is 0 Å².